The molecule has 0 unspecified atom stereocenters. The Labute approximate surface area is 137 Å². The number of hydrogen-bond donors (Lipinski definition) is 1. The first-order valence-electron chi connectivity index (χ1n) is 6.53. The van der Waals surface area contributed by atoms with E-state index in [1.807, 2.05) is 13.0 Å². The summed E-state index contributed by atoms with van der Waals surface area (Å²) in [5.41, 5.74) is 1.81. The van der Waals surface area contributed by atoms with Gasteiger partial charge in [-0.3, -0.25) is 4.79 Å². The predicted molar refractivity (Wildman–Crippen MR) is 85.9 cm³/mol. The molecule has 0 spiro atoms. The van der Waals surface area contributed by atoms with E-state index in [9.17, 15) is 4.79 Å². The fraction of sp³-hybridized carbons (Fsp3) is 0.357. The van der Waals surface area contributed by atoms with Crippen LogP contribution >= 0.6 is 34.5 Å². The van der Waals surface area contributed by atoms with E-state index in [0.717, 1.165) is 24.1 Å². The number of halogens is 2. The van der Waals surface area contributed by atoms with Crippen LogP contribution in [-0.2, 0) is 17.8 Å². The van der Waals surface area contributed by atoms with Crippen LogP contribution in [0.15, 0.2) is 18.3 Å². The maximum Gasteiger partial charge on any atom is 0.220 e. The van der Waals surface area contributed by atoms with Gasteiger partial charge in [0.1, 0.15) is 5.82 Å². The molecule has 1 N–H and O–H groups in total. The minimum atomic E-state index is 0.00344. The second-order valence-corrected chi connectivity index (χ2v) is 6.86. The van der Waals surface area contributed by atoms with Crippen LogP contribution in [0, 0.1) is 6.92 Å². The Balaban J connectivity index is 1.71. The molecule has 2 rings (SSSR count). The molecule has 0 aliphatic carbocycles. The molecule has 0 aliphatic heterocycles. The van der Waals surface area contributed by atoms with Gasteiger partial charge in [-0.05, 0) is 37.5 Å². The van der Waals surface area contributed by atoms with Crippen molar-refractivity contribution < 1.29 is 4.79 Å². The second-order valence-electron chi connectivity index (χ2n) is 4.57. The molecule has 7 heteroatoms. The average Bonchev–Trinajstić information content (AvgIpc) is 2.75. The van der Waals surface area contributed by atoms with Gasteiger partial charge in [0, 0.05) is 12.6 Å². The van der Waals surface area contributed by atoms with Crippen molar-refractivity contribution in [1.29, 1.82) is 0 Å². The first-order valence-corrected chi connectivity index (χ1v) is 8.11. The summed E-state index contributed by atoms with van der Waals surface area (Å²) in [5.74, 6) is 0.703. The summed E-state index contributed by atoms with van der Waals surface area (Å²) in [6, 6.07) is 3.65. The summed E-state index contributed by atoms with van der Waals surface area (Å²) in [6.07, 6.45) is 3.63. The number of hydrogen-bond acceptors (Lipinski definition) is 4. The lowest BCUT2D eigenvalue weighted by Gasteiger charge is -2.05. The van der Waals surface area contributed by atoms with Crippen molar-refractivity contribution in [3.63, 3.8) is 0 Å². The minimum Gasteiger partial charge on any atom is -0.350 e. The van der Waals surface area contributed by atoms with Crippen LogP contribution in [0.5, 0.6) is 0 Å². The number of rotatable bonds is 6. The molecule has 0 saturated heterocycles. The Morgan fingerprint density at radius 2 is 2.24 bits per heavy atom. The van der Waals surface area contributed by atoms with E-state index in [1.54, 1.807) is 12.3 Å². The summed E-state index contributed by atoms with van der Waals surface area (Å²) in [4.78, 5) is 20.0. The number of carbonyl (C=O) groups excluding carboxylic acids is 1. The number of nitrogens with one attached hydrogen (secondary N) is 1. The van der Waals surface area contributed by atoms with E-state index in [1.165, 1.54) is 11.3 Å². The first-order chi connectivity index (χ1) is 10.0. The molecule has 4 nitrogen and oxygen atoms in total. The van der Waals surface area contributed by atoms with Crippen LogP contribution in [0.25, 0.3) is 0 Å². The number of carbonyl (C=O) groups is 1. The van der Waals surface area contributed by atoms with Crippen molar-refractivity contribution >= 4 is 40.4 Å². The molecule has 0 aliphatic rings. The van der Waals surface area contributed by atoms with E-state index in [2.05, 4.69) is 15.3 Å². The SMILES string of the molecule is Cc1nccc(CNC(=O)CCCc2cc(Cl)sc2Cl)n1. The van der Waals surface area contributed by atoms with Gasteiger partial charge < -0.3 is 5.32 Å². The zero-order valence-electron chi connectivity index (χ0n) is 11.5. The Hall–Kier alpha value is -1.17. The van der Waals surface area contributed by atoms with Crippen molar-refractivity contribution in [2.45, 2.75) is 32.7 Å². The number of nitrogens with zero attached hydrogens (tertiary/aromatic N) is 2. The second kappa shape index (κ2) is 7.73. The molecule has 2 aromatic heterocycles. The Morgan fingerprint density at radius 3 is 2.90 bits per heavy atom. The molecule has 0 bridgehead atoms. The quantitative estimate of drug-likeness (QED) is 0.867. The zero-order chi connectivity index (χ0) is 15.2. The third kappa shape index (κ3) is 5.26. The summed E-state index contributed by atoms with van der Waals surface area (Å²) < 4.78 is 1.38. The van der Waals surface area contributed by atoms with Gasteiger partial charge in [0.25, 0.3) is 0 Å². The Morgan fingerprint density at radius 1 is 1.43 bits per heavy atom. The number of aryl methyl sites for hydroxylation is 2. The van der Waals surface area contributed by atoms with Crippen molar-refractivity contribution in [2.24, 2.45) is 0 Å². The lowest BCUT2D eigenvalue weighted by atomic mass is 10.1. The molecule has 0 atom stereocenters. The highest BCUT2D eigenvalue weighted by atomic mass is 35.5. The lowest BCUT2D eigenvalue weighted by molar-refractivity contribution is -0.121. The highest BCUT2D eigenvalue weighted by molar-refractivity contribution is 7.20. The first kappa shape index (κ1) is 16.2. The van der Waals surface area contributed by atoms with Crippen molar-refractivity contribution in [2.75, 3.05) is 0 Å². The molecule has 2 heterocycles. The normalized spacial score (nSPS) is 10.6. The molecule has 0 saturated carbocycles. The molecular formula is C14H15Cl2N3OS. The topological polar surface area (TPSA) is 54.9 Å². The van der Waals surface area contributed by atoms with Crippen LogP contribution < -0.4 is 5.32 Å². The van der Waals surface area contributed by atoms with Gasteiger partial charge in [0.05, 0.1) is 20.9 Å². The third-order valence-electron chi connectivity index (χ3n) is 2.88. The third-order valence-corrected chi connectivity index (χ3v) is 4.45. The van der Waals surface area contributed by atoms with Gasteiger partial charge in [-0.25, -0.2) is 9.97 Å². The van der Waals surface area contributed by atoms with Crippen LogP contribution in [0.4, 0.5) is 0 Å². The molecule has 0 radical (unpaired) electrons. The maximum absolute atomic E-state index is 11.8. The largest absolute Gasteiger partial charge is 0.350 e. The fourth-order valence-electron chi connectivity index (χ4n) is 1.87. The van der Waals surface area contributed by atoms with Crippen LogP contribution in [0.2, 0.25) is 8.67 Å². The summed E-state index contributed by atoms with van der Waals surface area (Å²) >= 11 is 13.3. The van der Waals surface area contributed by atoms with Gasteiger partial charge >= 0.3 is 0 Å². The molecule has 1 amide bonds. The van der Waals surface area contributed by atoms with E-state index < -0.39 is 0 Å². The average molecular weight is 344 g/mol. The van der Waals surface area contributed by atoms with Crippen molar-refractivity contribution in [3.05, 3.63) is 44.1 Å². The molecule has 2 aromatic rings. The van der Waals surface area contributed by atoms with Gasteiger partial charge in [-0.15, -0.1) is 11.3 Å². The summed E-state index contributed by atoms with van der Waals surface area (Å²) in [6.45, 7) is 2.24. The molecule has 0 aromatic carbocycles. The fourth-order valence-corrected chi connectivity index (χ4v) is 3.41. The van der Waals surface area contributed by atoms with Gasteiger partial charge in [0.2, 0.25) is 5.91 Å². The number of amides is 1. The molecular weight excluding hydrogens is 329 g/mol. The Kier molecular flexibility index (Phi) is 5.96. The van der Waals surface area contributed by atoms with E-state index in [-0.39, 0.29) is 5.91 Å². The molecule has 0 fully saturated rings. The minimum absolute atomic E-state index is 0.00344. The standard InChI is InChI=1S/C14H15Cl2N3OS/c1-9-17-6-5-11(19-9)8-18-13(20)4-2-3-10-7-12(15)21-14(10)16/h5-7H,2-4,8H2,1H3,(H,18,20). The van der Waals surface area contributed by atoms with Gasteiger partial charge in [0.15, 0.2) is 0 Å². The van der Waals surface area contributed by atoms with Crippen molar-refractivity contribution in [3.8, 4) is 0 Å². The molecule has 21 heavy (non-hydrogen) atoms. The highest BCUT2D eigenvalue weighted by Gasteiger charge is 2.07. The van der Waals surface area contributed by atoms with E-state index >= 15 is 0 Å². The summed E-state index contributed by atoms with van der Waals surface area (Å²) in [5, 5.41) is 2.85. The monoisotopic (exact) mass is 343 g/mol. The lowest BCUT2D eigenvalue weighted by Crippen LogP contribution is -2.23. The van der Waals surface area contributed by atoms with Gasteiger partial charge in [-0.1, -0.05) is 23.2 Å². The van der Waals surface area contributed by atoms with E-state index in [4.69, 9.17) is 23.2 Å². The van der Waals surface area contributed by atoms with Crippen LogP contribution in [0.3, 0.4) is 0 Å². The maximum atomic E-state index is 11.8. The van der Waals surface area contributed by atoms with E-state index in [0.29, 0.717) is 27.5 Å². The summed E-state index contributed by atoms with van der Waals surface area (Å²) in [7, 11) is 0. The Bertz CT molecular complexity index is 630. The van der Waals surface area contributed by atoms with Crippen molar-refractivity contribution in [1.82, 2.24) is 15.3 Å². The van der Waals surface area contributed by atoms with Crippen LogP contribution in [-0.4, -0.2) is 15.9 Å². The van der Waals surface area contributed by atoms with Gasteiger partial charge in [-0.2, -0.15) is 0 Å². The predicted octanol–water partition coefficient (Wildman–Crippen LogP) is 3.79. The molecule has 112 valence electrons. The number of aromatic nitrogens is 2. The smallest absolute Gasteiger partial charge is 0.220 e. The zero-order valence-corrected chi connectivity index (χ0v) is 13.9. The van der Waals surface area contributed by atoms with Crippen LogP contribution in [0.1, 0.15) is 29.9 Å². The number of thiophene rings is 1. The highest BCUT2D eigenvalue weighted by Crippen LogP contribution is 2.31.